The summed E-state index contributed by atoms with van der Waals surface area (Å²) in [5, 5.41) is 3.78. The Bertz CT molecular complexity index is 1180. The zero-order valence-corrected chi connectivity index (χ0v) is 19.6. The second-order valence-electron chi connectivity index (χ2n) is 6.86. The molecule has 31 heavy (non-hydrogen) atoms. The van der Waals surface area contributed by atoms with Crippen LogP contribution in [0.4, 0.5) is 5.69 Å². The molecule has 0 saturated heterocycles. The van der Waals surface area contributed by atoms with E-state index in [9.17, 15) is 13.2 Å². The lowest BCUT2D eigenvalue weighted by Gasteiger charge is -2.23. The van der Waals surface area contributed by atoms with E-state index in [1.54, 1.807) is 0 Å². The molecule has 9 heteroatoms. The number of benzene rings is 3. The van der Waals surface area contributed by atoms with Crippen LogP contribution in [0.25, 0.3) is 0 Å². The SMILES string of the molecule is Cc1ccccc1CN(CC(=O)Nc1cc(Cl)cc(Cl)c1)S(=O)(=O)c1ccc(Cl)cc1. The first-order valence-electron chi connectivity index (χ1n) is 9.21. The summed E-state index contributed by atoms with van der Waals surface area (Å²) in [4.78, 5) is 12.8. The van der Waals surface area contributed by atoms with Crippen molar-refractivity contribution in [3.05, 3.63) is 92.9 Å². The van der Waals surface area contributed by atoms with Gasteiger partial charge in [0.2, 0.25) is 15.9 Å². The minimum absolute atomic E-state index is 0.0291. The summed E-state index contributed by atoms with van der Waals surface area (Å²) in [6.45, 7) is 1.52. The molecule has 0 aliphatic rings. The Morgan fingerprint density at radius 1 is 0.903 bits per heavy atom. The Morgan fingerprint density at radius 3 is 2.13 bits per heavy atom. The normalized spacial score (nSPS) is 11.5. The number of carbonyl (C=O) groups excluding carboxylic acids is 1. The van der Waals surface area contributed by atoms with Crippen molar-refractivity contribution in [2.75, 3.05) is 11.9 Å². The van der Waals surface area contributed by atoms with Gasteiger partial charge in [-0.2, -0.15) is 4.31 Å². The average Bonchev–Trinajstić information content (AvgIpc) is 2.68. The summed E-state index contributed by atoms with van der Waals surface area (Å²) >= 11 is 17.9. The van der Waals surface area contributed by atoms with Gasteiger partial charge in [0.25, 0.3) is 0 Å². The number of nitrogens with zero attached hydrogens (tertiary/aromatic N) is 1. The van der Waals surface area contributed by atoms with Crippen molar-refractivity contribution in [2.45, 2.75) is 18.4 Å². The Morgan fingerprint density at radius 2 is 1.52 bits per heavy atom. The molecule has 0 aromatic heterocycles. The molecule has 0 atom stereocenters. The molecule has 0 heterocycles. The standard InChI is InChI=1S/C22H19Cl3N2O3S/c1-15-4-2-3-5-16(15)13-27(31(29,30)21-8-6-17(23)7-9-21)14-22(28)26-20-11-18(24)10-19(25)12-20/h2-12H,13-14H2,1H3,(H,26,28). The van der Waals surface area contributed by atoms with Crippen LogP contribution in [0, 0.1) is 6.92 Å². The third-order valence-corrected chi connectivity index (χ3v) is 7.02. The number of anilines is 1. The van der Waals surface area contributed by atoms with Gasteiger partial charge in [-0.15, -0.1) is 0 Å². The largest absolute Gasteiger partial charge is 0.325 e. The molecule has 0 saturated carbocycles. The topological polar surface area (TPSA) is 66.5 Å². The highest BCUT2D eigenvalue weighted by atomic mass is 35.5. The first kappa shape index (κ1) is 23.6. The number of hydrogen-bond donors (Lipinski definition) is 1. The van der Waals surface area contributed by atoms with Crippen LogP contribution in [0.5, 0.6) is 0 Å². The number of amides is 1. The number of rotatable bonds is 7. The molecule has 1 N–H and O–H groups in total. The first-order valence-corrected chi connectivity index (χ1v) is 11.8. The Labute approximate surface area is 196 Å². The smallest absolute Gasteiger partial charge is 0.243 e. The van der Waals surface area contributed by atoms with Crippen LogP contribution < -0.4 is 5.32 Å². The molecule has 0 aliphatic heterocycles. The summed E-state index contributed by atoms with van der Waals surface area (Å²) in [5.41, 5.74) is 2.08. The molecule has 5 nitrogen and oxygen atoms in total. The van der Waals surface area contributed by atoms with Crippen molar-refractivity contribution < 1.29 is 13.2 Å². The van der Waals surface area contributed by atoms with E-state index in [2.05, 4.69) is 5.32 Å². The maximum atomic E-state index is 13.3. The van der Waals surface area contributed by atoms with Gasteiger partial charge in [0.1, 0.15) is 0 Å². The molecule has 0 unspecified atom stereocenters. The monoisotopic (exact) mass is 496 g/mol. The van der Waals surface area contributed by atoms with Crippen LogP contribution in [0.1, 0.15) is 11.1 Å². The lowest BCUT2D eigenvalue weighted by Crippen LogP contribution is -2.37. The third kappa shape index (κ3) is 6.21. The highest BCUT2D eigenvalue weighted by Gasteiger charge is 2.27. The van der Waals surface area contributed by atoms with E-state index < -0.39 is 22.5 Å². The lowest BCUT2D eigenvalue weighted by atomic mass is 10.1. The zero-order chi connectivity index (χ0) is 22.6. The van der Waals surface area contributed by atoms with Crippen molar-refractivity contribution in [3.8, 4) is 0 Å². The summed E-state index contributed by atoms with van der Waals surface area (Å²) in [5.74, 6) is -0.524. The molecule has 0 fully saturated rings. The van der Waals surface area contributed by atoms with Gasteiger partial charge in [-0.3, -0.25) is 4.79 Å². The van der Waals surface area contributed by atoms with Gasteiger partial charge < -0.3 is 5.32 Å². The van der Waals surface area contributed by atoms with Crippen LogP contribution in [-0.2, 0) is 21.4 Å². The van der Waals surface area contributed by atoms with Crippen molar-refractivity contribution >= 4 is 56.4 Å². The molecule has 3 aromatic rings. The fourth-order valence-corrected chi connectivity index (χ4v) is 4.97. The molecule has 1 amide bonds. The number of hydrogen-bond acceptors (Lipinski definition) is 3. The fourth-order valence-electron chi connectivity index (χ4n) is 2.95. The Hall–Kier alpha value is -2.09. The third-order valence-electron chi connectivity index (χ3n) is 4.53. The minimum Gasteiger partial charge on any atom is -0.325 e. The molecular formula is C22H19Cl3N2O3S. The fraction of sp³-hybridized carbons (Fsp3) is 0.136. The van der Waals surface area contributed by atoms with Crippen molar-refractivity contribution in [2.24, 2.45) is 0 Å². The predicted molar refractivity (Wildman–Crippen MR) is 125 cm³/mol. The summed E-state index contributed by atoms with van der Waals surface area (Å²) in [6, 6.07) is 17.8. The van der Waals surface area contributed by atoms with Crippen molar-refractivity contribution in [1.29, 1.82) is 0 Å². The van der Waals surface area contributed by atoms with Gasteiger partial charge in [-0.25, -0.2) is 8.42 Å². The van der Waals surface area contributed by atoms with Gasteiger partial charge >= 0.3 is 0 Å². The van der Waals surface area contributed by atoms with E-state index in [1.165, 1.54) is 42.5 Å². The van der Waals surface area contributed by atoms with Gasteiger partial charge in [-0.1, -0.05) is 59.1 Å². The molecule has 0 bridgehead atoms. The minimum atomic E-state index is -3.97. The second kappa shape index (κ2) is 10.0. The van der Waals surface area contributed by atoms with Crippen LogP contribution >= 0.6 is 34.8 Å². The van der Waals surface area contributed by atoms with E-state index in [4.69, 9.17) is 34.8 Å². The number of nitrogens with one attached hydrogen (secondary N) is 1. The molecular weight excluding hydrogens is 479 g/mol. The molecule has 162 valence electrons. The second-order valence-corrected chi connectivity index (χ2v) is 10.1. The Balaban J connectivity index is 1.90. The van der Waals surface area contributed by atoms with Gasteiger partial charge in [0.05, 0.1) is 11.4 Å². The summed E-state index contributed by atoms with van der Waals surface area (Å²) in [6.07, 6.45) is 0. The number of sulfonamides is 1. The Kier molecular flexibility index (Phi) is 7.62. The van der Waals surface area contributed by atoms with E-state index in [1.807, 2.05) is 31.2 Å². The van der Waals surface area contributed by atoms with E-state index in [0.29, 0.717) is 20.8 Å². The number of halogens is 3. The van der Waals surface area contributed by atoms with Crippen LogP contribution in [0.3, 0.4) is 0 Å². The van der Waals surface area contributed by atoms with E-state index >= 15 is 0 Å². The highest BCUT2D eigenvalue weighted by Crippen LogP contribution is 2.24. The van der Waals surface area contributed by atoms with Crippen molar-refractivity contribution in [1.82, 2.24) is 4.31 Å². The lowest BCUT2D eigenvalue weighted by molar-refractivity contribution is -0.116. The number of carbonyl (C=O) groups is 1. The molecule has 3 rings (SSSR count). The first-order chi connectivity index (χ1) is 14.6. The van der Waals surface area contributed by atoms with E-state index in [0.717, 1.165) is 15.4 Å². The molecule has 0 radical (unpaired) electrons. The van der Waals surface area contributed by atoms with Crippen LogP contribution in [-0.4, -0.2) is 25.2 Å². The van der Waals surface area contributed by atoms with Crippen LogP contribution in [0.2, 0.25) is 15.1 Å². The highest BCUT2D eigenvalue weighted by molar-refractivity contribution is 7.89. The summed E-state index contributed by atoms with van der Waals surface area (Å²) < 4.78 is 27.8. The van der Waals surface area contributed by atoms with E-state index in [-0.39, 0.29) is 11.4 Å². The average molecular weight is 498 g/mol. The van der Waals surface area contributed by atoms with Crippen LogP contribution in [0.15, 0.2) is 71.6 Å². The summed E-state index contributed by atoms with van der Waals surface area (Å²) in [7, 11) is -3.97. The van der Waals surface area contributed by atoms with Crippen molar-refractivity contribution in [3.63, 3.8) is 0 Å². The van der Waals surface area contributed by atoms with Gasteiger partial charge in [0, 0.05) is 27.3 Å². The molecule has 0 aliphatic carbocycles. The predicted octanol–water partition coefficient (Wildman–Crippen LogP) is 5.78. The maximum Gasteiger partial charge on any atom is 0.243 e. The van der Waals surface area contributed by atoms with Gasteiger partial charge in [-0.05, 0) is 60.5 Å². The van der Waals surface area contributed by atoms with Gasteiger partial charge in [0.15, 0.2) is 0 Å². The molecule has 3 aromatic carbocycles. The zero-order valence-electron chi connectivity index (χ0n) is 16.5. The number of aryl methyl sites for hydroxylation is 1. The maximum absolute atomic E-state index is 13.3. The quantitative estimate of drug-likeness (QED) is 0.449. The molecule has 0 spiro atoms.